The van der Waals surface area contributed by atoms with Crippen molar-refractivity contribution in [3.05, 3.63) is 51.4 Å². The lowest BCUT2D eigenvalue weighted by atomic mass is 10.1. The van der Waals surface area contributed by atoms with Crippen molar-refractivity contribution in [2.45, 2.75) is 53.0 Å². The summed E-state index contributed by atoms with van der Waals surface area (Å²) >= 11 is 0. The number of hydrogen-bond acceptors (Lipinski definition) is 5. The Bertz CT molecular complexity index is 1140. The number of aryl methyl sites for hydroxylation is 2. The van der Waals surface area contributed by atoms with Gasteiger partial charge in [-0.15, -0.1) is 0 Å². The first-order chi connectivity index (χ1) is 13.5. The first kappa shape index (κ1) is 19.8. The van der Waals surface area contributed by atoms with Gasteiger partial charge >= 0.3 is 5.97 Å². The van der Waals surface area contributed by atoms with Crippen LogP contribution in [0, 0.1) is 12.3 Å². The van der Waals surface area contributed by atoms with Crippen molar-refractivity contribution in [2.24, 2.45) is 0 Å². The molecule has 0 saturated carbocycles. The molecule has 0 aromatic carbocycles. The zero-order valence-electron chi connectivity index (χ0n) is 16.6. The van der Waals surface area contributed by atoms with Crippen molar-refractivity contribution in [1.82, 2.24) is 14.0 Å². The summed E-state index contributed by atoms with van der Waals surface area (Å²) in [5.74, 6) is -0.592. The molecule has 0 spiro atoms. The van der Waals surface area contributed by atoms with Gasteiger partial charge in [-0.05, 0) is 38.0 Å². The van der Waals surface area contributed by atoms with E-state index >= 15 is 0 Å². The van der Waals surface area contributed by atoms with Gasteiger partial charge in [-0.3, -0.25) is 14.6 Å². The van der Waals surface area contributed by atoms with Crippen molar-refractivity contribution in [3.8, 4) is 0 Å². The van der Waals surface area contributed by atoms with Gasteiger partial charge in [0.2, 0.25) is 0 Å². The number of esters is 1. The number of carbonyl (C=O) groups excluding carboxylic acids is 1. The van der Waals surface area contributed by atoms with Gasteiger partial charge in [0, 0.05) is 12.7 Å². The lowest BCUT2D eigenvalue weighted by Crippen LogP contribution is -2.31. The van der Waals surface area contributed by atoms with Crippen LogP contribution >= 0.6 is 0 Å². The van der Waals surface area contributed by atoms with Crippen molar-refractivity contribution >= 4 is 22.6 Å². The fourth-order valence-corrected chi connectivity index (χ4v) is 3.32. The maximum absolute atomic E-state index is 13.1. The number of hydrogen-bond donors (Lipinski definition) is 1. The Kier molecular flexibility index (Phi) is 5.92. The van der Waals surface area contributed by atoms with Crippen molar-refractivity contribution in [1.29, 1.82) is 5.41 Å². The topological polar surface area (TPSA) is 89.5 Å². The smallest absolute Gasteiger partial charge is 0.341 e. The summed E-state index contributed by atoms with van der Waals surface area (Å²) in [4.78, 5) is 30.1. The van der Waals surface area contributed by atoms with Crippen LogP contribution in [-0.2, 0) is 11.3 Å². The van der Waals surface area contributed by atoms with Gasteiger partial charge < -0.3 is 9.30 Å². The van der Waals surface area contributed by atoms with E-state index in [0.717, 1.165) is 31.2 Å². The van der Waals surface area contributed by atoms with E-state index in [1.54, 1.807) is 23.8 Å². The van der Waals surface area contributed by atoms with E-state index in [0.29, 0.717) is 23.2 Å². The first-order valence-corrected chi connectivity index (χ1v) is 9.76. The molecule has 3 aromatic heterocycles. The number of pyridine rings is 2. The maximum Gasteiger partial charge on any atom is 0.341 e. The fraction of sp³-hybridized carbons (Fsp3) is 0.429. The summed E-state index contributed by atoms with van der Waals surface area (Å²) in [5.41, 5.74) is 1.77. The number of aromatic nitrogens is 3. The number of fused-ring (bicyclic) bond motifs is 2. The number of carbonyl (C=O) groups is 1. The minimum Gasteiger partial charge on any atom is -0.462 e. The van der Waals surface area contributed by atoms with Crippen LogP contribution in [0.25, 0.3) is 16.7 Å². The third-order valence-electron chi connectivity index (χ3n) is 4.79. The SMILES string of the molecule is CCCCCCn1c(=N)c(C(=O)OCC)cc2c(=O)n3cc(C)ccc3nc21. The van der Waals surface area contributed by atoms with E-state index in [4.69, 9.17) is 10.1 Å². The van der Waals surface area contributed by atoms with Crippen molar-refractivity contribution in [2.75, 3.05) is 6.61 Å². The number of nitrogens with one attached hydrogen (secondary N) is 1. The van der Waals surface area contributed by atoms with Crippen LogP contribution in [0.15, 0.2) is 29.2 Å². The molecule has 0 unspecified atom stereocenters. The molecule has 0 amide bonds. The minimum atomic E-state index is -0.592. The minimum absolute atomic E-state index is 0.0332. The molecule has 0 saturated heterocycles. The molecule has 0 fully saturated rings. The lowest BCUT2D eigenvalue weighted by Gasteiger charge is -2.14. The average Bonchev–Trinajstić information content (AvgIpc) is 2.67. The molecule has 0 bridgehead atoms. The molecule has 3 aromatic rings. The zero-order valence-corrected chi connectivity index (χ0v) is 16.6. The van der Waals surface area contributed by atoms with E-state index in [-0.39, 0.29) is 23.2 Å². The Labute approximate surface area is 163 Å². The van der Waals surface area contributed by atoms with Crippen LogP contribution < -0.4 is 11.0 Å². The molecule has 0 aliphatic heterocycles. The standard InChI is InChI=1S/C21H26N4O3/c1-4-6-7-8-11-24-18(22)15(21(27)28-5-2)12-16-19(24)23-17-10-9-14(3)13-25(17)20(16)26/h9-10,12-13,22H,4-8,11H2,1-3H3. The third-order valence-corrected chi connectivity index (χ3v) is 4.79. The Morgan fingerprint density at radius 2 is 2.00 bits per heavy atom. The molecule has 7 nitrogen and oxygen atoms in total. The number of ether oxygens (including phenoxy) is 1. The molecule has 0 aliphatic carbocycles. The molecular weight excluding hydrogens is 356 g/mol. The Balaban J connectivity index is 2.28. The van der Waals surface area contributed by atoms with Crippen molar-refractivity contribution < 1.29 is 9.53 Å². The largest absolute Gasteiger partial charge is 0.462 e. The highest BCUT2D eigenvalue weighted by Gasteiger charge is 2.18. The van der Waals surface area contributed by atoms with Crippen molar-refractivity contribution in [3.63, 3.8) is 0 Å². The molecule has 3 rings (SSSR count). The van der Waals surface area contributed by atoms with Gasteiger partial charge in [-0.1, -0.05) is 32.3 Å². The number of unbranched alkanes of at least 4 members (excludes halogenated alkanes) is 3. The highest BCUT2D eigenvalue weighted by Crippen LogP contribution is 2.13. The summed E-state index contributed by atoms with van der Waals surface area (Å²) in [5, 5.41) is 8.86. The van der Waals surface area contributed by atoms with Gasteiger partial charge in [0.25, 0.3) is 5.56 Å². The van der Waals surface area contributed by atoms with E-state index < -0.39 is 5.97 Å². The summed E-state index contributed by atoms with van der Waals surface area (Å²) < 4.78 is 8.25. The Morgan fingerprint density at radius 1 is 1.21 bits per heavy atom. The van der Waals surface area contributed by atoms with Crippen LogP contribution in [0.2, 0.25) is 0 Å². The van der Waals surface area contributed by atoms with Gasteiger partial charge in [-0.25, -0.2) is 9.78 Å². The van der Waals surface area contributed by atoms with Gasteiger partial charge in [-0.2, -0.15) is 0 Å². The average molecular weight is 382 g/mol. The van der Waals surface area contributed by atoms with Gasteiger partial charge in [0.1, 0.15) is 22.3 Å². The number of rotatable bonds is 7. The monoisotopic (exact) mass is 382 g/mol. The van der Waals surface area contributed by atoms with Crippen LogP contribution in [0.5, 0.6) is 0 Å². The van der Waals surface area contributed by atoms with E-state index in [9.17, 15) is 9.59 Å². The second kappa shape index (κ2) is 8.37. The summed E-state index contributed by atoms with van der Waals surface area (Å²) in [6, 6.07) is 5.14. The summed E-state index contributed by atoms with van der Waals surface area (Å²) in [7, 11) is 0. The fourth-order valence-electron chi connectivity index (χ4n) is 3.32. The molecule has 148 valence electrons. The Hall–Kier alpha value is -2.96. The molecule has 0 radical (unpaired) electrons. The first-order valence-electron chi connectivity index (χ1n) is 9.76. The predicted octanol–water partition coefficient (Wildman–Crippen LogP) is 3.19. The summed E-state index contributed by atoms with van der Waals surface area (Å²) in [6.07, 6.45) is 5.79. The quantitative estimate of drug-likeness (QED) is 0.386. The van der Waals surface area contributed by atoms with Crippen LogP contribution in [0.4, 0.5) is 0 Å². The van der Waals surface area contributed by atoms with E-state index in [2.05, 4.69) is 11.9 Å². The molecule has 28 heavy (non-hydrogen) atoms. The van der Waals surface area contributed by atoms with Gasteiger partial charge in [0.05, 0.1) is 12.0 Å². The van der Waals surface area contributed by atoms with E-state index in [1.807, 2.05) is 13.0 Å². The highest BCUT2D eigenvalue weighted by atomic mass is 16.5. The van der Waals surface area contributed by atoms with Gasteiger partial charge in [0.15, 0.2) is 0 Å². The second-order valence-electron chi connectivity index (χ2n) is 6.93. The number of nitrogens with zero attached hydrogens (tertiary/aromatic N) is 3. The zero-order chi connectivity index (χ0) is 20.3. The van der Waals surface area contributed by atoms with Crippen LogP contribution in [0.1, 0.15) is 55.5 Å². The predicted molar refractivity (Wildman–Crippen MR) is 108 cm³/mol. The third kappa shape index (κ3) is 3.69. The normalized spacial score (nSPS) is 11.2. The maximum atomic E-state index is 13.1. The summed E-state index contributed by atoms with van der Waals surface area (Å²) in [6.45, 7) is 6.49. The highest BCUT2D eigenvalue weighted by molar-refractivity contribution is 5.93. The molecule has 7 heteroatoms. The van der Waals surface area contributed by atoms with E-state index in [1.165, 1.54) is 10.5 Å². The molecule has 3 heterocycles. The van der Waals surface area contributed by atoms with Crippen LogP contribution in [-0.4, -0.2) is 26.5 Å². The molecule has 0 atom stereocenters. The molecule has 0 aliphatic rings. The molecule has 1 N–H and O–H groups in total. The lowest BCUT2D eigenvalue weighted by molar-refractivity contribution is 0.0523. The second-order valence-corrected chi connectivity index (χ2v) is 6.93. The van der Waals surface area contributed by atoms with Crippen LogP contribution in [0.3, 0.4) is 0 Å². The molecular formula is C21H26N4O3. The Morgan fingerprint density at radius 3 is 2.71 bits per heavy atom.